The number of aliphatic hydroxyl groups excluding tert-OH is 2. The fourth-order valence-corrected chi connectivity index (χ4v) is 0.482. The Morgan fingerprint density at radius 2 is 0.947 bits per heavy atom. The van der Waals surface area contributed by atoms with E-state index in [1.54, 1.807) is 0 Å². The largest absolute Gasteiger partial charge is 4.00 e. The van der Waals surface area contributed by atoms with Crippen LogP contribution in [0.25, 0.3) is 0 Å². The standard InChI is InChI=1S/2C4H6O5.Ti/c2*5-2(4(8)9)1-3(6)7;/h2*2,5H,1H2,(H,6,7)(H,8,9);/q;;+4/p-4. The minimum atomic E-state index is -1.96. The maximum Gasteiger partial charge on any atom is 4.00 e. The molecule has 2 unspecified atom stereocenters. The van der Waals surface area contributed by atoms with Gasteiger partial charge in [0.2, 0.25) is 0 Å². The molecule has 0 aromatic rings. The third kappa shape index (κ3) is 16.5. The van der Waals surface area contributed by atoms with Crippen molar-refractivity contribution in [1.29, 1.82) is 0 Å². The molecule has 0 aliphatic heterocycles. The van der Waals surface area contributed by atoms with Crippen LogP contribution < -0.4 is 20.4 Å². The second-order valence-corrected chi connectivity index (χ2v) is 2.82. The van der Waals surface area contributed by atoms with Crippen LogP contribution in [0.15, 0.2) is 0 Å². The summed E-state index contributed by atoms with van der Waals surface area (Å²) in [5.74, 6) is -6.85. The number of aliphatic carboxylic acids is 4. The Hall–Kier alpha value is -1.49. The van der Waals surface area contributed by atoms with E-state index < -0.39 is 48.9 Å². The van der Waals surface area contributed by atoms with Gasteiger partial charge in [-0.05, 0) is 0 Å². The zero-order valence-corrected chi connectivity index (χ0v) is 10.8. The number of hydrogen-bond donors (Lipinski definition) is 2. The van der Waals surface area contributed by atoms with E-state index in [-0.39, 0.29) is 21.7 Å². The van der Waals surface area contributed by atoms with E-state index in [9.17, 15) is 39.6 Å². The van der Waals surface area contributed by atoms with E-state index in [0.29, 0.717) is 0 Å². The summed E-state index contributed by atoms with van der Waals surface area (Å²) in [6, 6.07) is 0. The van der Waals surface area contributed by atoms with E-state index in [1.165, 1.54) is 0 Å². The number of aliphatic hydroxyl groups is 2. The van der Waals surface area contributed by atoms with Gasteiger partial charge in [0.15, 0.2) is 0 Å². The van der Waals surface area contributed by atoms with Gasteiger partial charge >= 0.3 is 21.7 Å². The third-order valence-corrected chi connectivity index (χ3v) is 1.26. The first-order valence-corrected chi connectivity index (χ1v) is 4.25. The minimum absolute atomic E-state index is 0. The van der Waals surface area contributed by atoms with Crippen molar-refractivity contribution in [2.75, 3.05) is 0 Å². The first kappa shape index (κ1) is 22.7. The van der Waals surface area contributed by atoms with Gasteiger partial charge in [-0.15, -0.1) is 0 Å². The van der Waals surface area contributed by atoms with Crippen LogP contribution in [0.2, 0.25) is 0 Å². The van der Waals surface area contributed by atoms with E-state index in [2.05, 4.69) is 0 Å². The Labute approximate surface area is 121 Å². The zero-order valence-electron chi connectivity index (χ0n) is 9.23. The molecule has 0 aromatic heterocycles. The number of carboxylic acids is 4. The fraction of sp³-hybridized carbons (Fsp3) is 0.500. The smallest absolute Gasteiger partial charge is 0.550 e. The Bertz CT molecular complexity index is 295. The predicted octanol–water partition coefficient (Wildman–Crippen LogP) is -7.53. The van der Waals surface area contributed by atoms with Gasteiger partial charge in [-0.25, -0.2) is 0 Å². The molecule has 0 amide bonds. The van der Waals surface area contributed by atoms with Gasteiger partial charge < -0.3 is 49.8 Å². The molecule has 0 spiro atoms. The number of hydrogen-bond acceptors (Lipinski definition) is 10. The number of carbonyl (C=O) groups is 4. The molecule has 0 rings (SSSR count). The fourth-order valence-electron chi connectivity index (χ4n) is 0.482. The van der Waals surface area contributed by atoms with Crippen molar-refractivity contribution in [3.63, 3.8) is 0 Å². The van der Waals surface area contributed by atoms with Crippen LogP contribution >= 0.6 is 0 Å². The van der Waals surface area contributed by atoms with Crippen LogP contribution in [0, 0.1) is 0 Å². The van der Waals surface area contributed by atoms with Crippen LogP contribution in [-0.2, 0) is 40.9 Å². The van der Waals surface area contributed by atoms with E-state index in [0.717, 1.165) is 0 Å². The van der Waals surface area contributed by atoms with Gasteiger partial charge in [-0.2, -0.15) is 0 Å². The number of carboxylic acid groups (broad SMARTS) is 4. The molecule has 2 atom stereocenters. The van der Waals surface area contributed by atoms with Gasteiger partial charge in [0.05, 0.1) is 24.1 Å². The molecule has 0 saturated heterocycles. The van der Waals surface area contributed by atoms with Crippen LogP contribution in [0.4, 0.5) is 0 Å². The van der Waals surface area contributed by atoms with Gasteiger partial charge in [-0.1, -0.05) is 0 Å². The summed E-state index contributed by atoms with van der Waals surface area (Å²) < 4.78 is 0. The maximum atomic E-state index is 9.58. The normalized spacial score (nSPS) is 11.9. The van der Waals surface area contributed by atoms with Crippen LogP contribution in [0.3, 0.4) is 0 Å². The molecular formula is C8H8O10Ti. The van der Waals surface area contributed by atoms with Crippen LogP contribution in [0.5, 0.6) is 0 Å². The summed E-state index contributed by atoms with van der Waals surface area (Å²) in [6.45, 7) is 0. The molecule has 0 bridgehead atoms. The van der Waals surface area contributed by atoms with E-state index in [4.69, 9.17) is 10.2 Å². The molecule has 0 aliphatic carbocycles. The van der Waals surface area contributed by atoms with Crippen molar-refractivity contribution in [2.45, 2.75) is 25.0 Å². The molecule has 11 heteroatoms. The van der Waals surface area contributed by atoms with E-state index in [1.807, 2.05) is 0 Å². The molecule has 19 heavy (non-hydrogen) atoms. The zero-order chi connectivity index (χ0) is 14.9. The molecule has 0 aromatic carbocycles. The minimum Gasteiger partial charge on any atom is -0.550 e. The molecule has 0 radical (unpaired) electrons. The molecule has 104 valence electrons. The van der Waals surface area contributed by atoms with Crippen molar-refractivity contribution < 1.29 is 71.5 Å². The Morgan fingerprint density at radius 3 is 1.00 bits per heavy atom. The summed E-state index contributed by atoms with van der Waals surface area (Å²) in [6.07, 6.45) is -5.78. The molecular weight excluding hydrogens is 304 g/mol. The SMILES string of the molecule is O=C([O-])CC(O)C(=O)[O-].O=C([O-])CC(O)C(=O)[O-].[Ti+4]. The summed E-state index contributed by atoms with van der Waals surface area (Å²) in [5.41, 5.74) is 0. The Balaban J connectivity index is -0.000000256. The van der Waals surface area contributed by atoms with Crippen molar-refractivity contribution in [2.24, 2.45) is 0 Å². The summed E-state index contributed by atoms with van der Waals surface area (Å²) >= 11 is 0. The van der Waals surface area contributed by atoms with Crippen LogP contribution in [0.1, 0.15) is 12.8 Å². The Kier molecular flexibility index (Phi) is 13.8. The summed E-state index contributed by atoms with van der Waals surface area (Å²) in [4.78, 5) is 38.3. The molecule has 0 fully saturated rings. The van der Waals surface area contributed by atoms with Crippen molar-refractivity contribution >= 4 is 23.9 Å². The van der Waals surface area contributed by atoms with Gasteiger partial charge in [0.1, 0.15) is 0 Å². The molecule has 0 saturated carbocycles. The first-order chi connectivity index (χ1) is 8.07. The number of carbonyl (C=O) groups excluding carboxylic acids is 4. The van der Waals surface area contributed by atoms with E-state index >= 15 is 0 Å². The third-order valence-electron chi connectivity index (χ3n) is 1.26. The molecule has 10 nitrogen and oxygen atoms in total. The van der Waals surface area contributed by atoms with Crippen molar-refractivity contribution in [1.82, 2.24) is 0 Å². The van der Waals surface area contributed by atoms with Crippen molar-refractivity contribution in [3.05, 3.63) is 0 Å². The van der Waals surface area contributed by atoms with Gasteiger partial charge in [0, 0.05) is 24.8 Å². The molecule has 0 heterocycles. The number of rotatable bonds is 6. The Morgan fingerprint density at radius 1 is 0.737 bits per heavy atom. The maximum absolute atomic E-state index is 9.58. The van der Waals surface area contributed by atoms with Crippen molar-refractivity contribution in [3.8, 4) is 0 Å². The molecule has 0 aliphatic rings. The van der Waals surface area contributed by atoms with Crippen LogP contribution in [-0.4, -0.2) is 46.3 Å². The topological polar surface area (TPSA) is 201 Å². The quantitative estimate of drug-likeness (QED) is 0.443. The predicted molar refractivity (Wildman–Crippen MR) is 41.3 cm³/mol. The van der Waals surface area contributed by atoms with Gasteiger partial charge in [-0.3, -0.25) is 0 Å². The second kappa shape index (κ2) is 11.6. The van der Waals surface area contributed by atoms with Gasteiger partial charge in [0.25, 0.3) is 0 Å². The summed E-state index contributed by atoms with van der Waals surface area (Å²) in [7, 11) is 0. The summed E-state index contributed by atoms with van der Waals surface area (Å²) in [5, 5.41) is 54.7. The average Bonchev–Trinajstić information content (AvgIpc) is 2.16. The monoisotopic (exact) mass is 312 g/mol. The first-order valence-electron chi connectivity index (χ1n) is 4.25. The average molecular weight is 312 g/mol. The second-order valence-electron chi connectivity index (χ2n) is 2.82. The molecule has 2 N–H and O–H groups in total.